The van der Waals surface area contributed by atoms with Gasteiger partial charge in [-0.25, -0.2) is 0 Å². The number of para-hydroxylation sites is 1. The van der Waals surface area contributed by atoms with Gasteiger partial charge in [-0.3, -0.25) is 14.9 Å². The van der Waals surface area contributed by atoms with E-state index in [9.17, 15) is 14.9 Å². The van der Waals surface area contributed by atoms with Gasteiger partial charge in [0.05, 0.1) is 22.1 Å². The van der Waals surface area contributed by atoms with E-state index >= 15 is 0 Å². The lowest BCUT2D eigenvalue weighted by molar-refractivity contribution is -0.384. The number of carbonyl (C=O) groups is 1. The van der Waals surface area contributed by atoms with E-state index in [0.29, 0.717) is 13.2 Å². The molecule has 2 aromatic carbocycles. The zero-order chi connectivity index (χ0) is 17.1. The fourth-order valence-corrected chi connectivity index (χ4v) is 2.86. The number of nitro benzene ring substituents is 1. The molecule has 0 spiro atoms. The van der Waals surface area contributed by atoms with Crippen molar-refractivity contribution in [3.05, 3.63) is 68.7 Å². The first-order valence-corrected chi connectivity index (χ1v) is 7.85. The highest BCUT2D eigenvalue weighted by molar-refractivity contribution is 6.33. The van der Waals surface area contributed by atoms with E-state index < -0.39 is 10.8 Å². The molecule has 24 heavy (non-hydrogen) atoms. The van der Waals surface area contributed by atoms with Gasteiger partial charge >= 0.3 is 0 Å². The van der Waals surface area contributed by atoms with Crippen LogP contribution in [0.1, 0.15) is 15.9 Å². The molecule has 1 aliphatic heterocycles. The zero-order valence-electron chi connectivity index (χ0n) is 12.7. The molecule has 1 aliphatic rings. The normalized spacial score (nSPS) is 16.0. The van der Waals surface area contributed by atoms with Crippen LogP contribution in [0, 0.1) is 16.0 Å². The van der Waals surface area contributed by atoms with Crippen LogP contribution in [0.15, 0.2) is 42.5 Å². The first kappa shape index (κ1) is 16.3. The molecule has 0 saturated heterocycles. The molecule has 3 rings (SSSR count). The molecule has 1 amide bonds. The highest BCUT2D eigenvalue weighted by atomic mass is 35.5. The summed E-state index contributed by atoms with van der Waals surface area (Å²) in [7, 11) is 0. The number of nitrogens with zero attached hydrogens (tertiary/aromatic N) is 1. The zero-order valence-corrected chi connectivity index (χ0v) is 13.5. The monoisotopic (exact) mass is 346 g/mol. The average molecular weight is 347 g/mol. The van der Waals surface area contributed by atoms with Crippen LogP contribution in [0.4, 0.5) is 5.69 Å². The molecule has 1 heterocycles. The number of ether oxygens (including phenoxy) is 1. The second kappa shape index (κ2) is 6.88. The van der Waals surface area contributed by atoms with E-state index in [2.05, 4.69) is 5.32 Å². The third-order valence-electron chi connectivity index (χ3n) is 3.91. The summed E-state index contributed by atoms with van der Waals surface area (Å²) in [5.41, 5.74) is 1.04. The summed E-state index contributed by atoms with van der Waals surface area (Å²) >= 11 is 5.98. The molecule has 2 aromatic rings. The van der Waals surface area contributed by atoms with E-state index in [0.717, 1.165) is 17.7 Å². The van der Waals surface area contributed by atoms with E-state index in [1.165, 1.54) is 18.2 Å². The minimum Gasteiger partial charge on any atom is -0.493 e. The summed E-state index contributed by atoms with van der Waals surface area (Å²) in [5.74, 6) is 0.589. The topological polar surface area (TPSA) is 81.5 Å². The molecule has 124 valence electrons. The van der Waals surface area contributed by atoms with Crippen molar-refractivity contribution in [3.8, 4) is 5.75 Å². The van der Waals surface area contributed by atoms with Crippen molar-refractivity contribution < 1.29 is 14.5 Å². The number of nitrogens with one attached hydrogen (secondary N) is 1. The summed E-state index contributed by atoms with van der Waals surface area (Å²) in [5, 5.41) is 13.8. The fourth-order valence-electron chi connectivity index (χ4n) is 2.66. The third kappa shape index (κ3) is 3.49. The molecule has 1 unspecified atom stereocenters. The van der Waals surface area contributed by atoms with Crippen molar-refractivity contribution in [2.75, 3.05) is 13.2 Å². The maximum absolute atomic E-state index is 12.3. The largest absolute Gasteiger partial charge is 0.493 e. The van der Waals surface area contributed by atoms with Gasteiger partial charge < -0.3 is 10.1 Å². The molecular weight excluding hydrogens is 332 g/mol. The lowest BCUT2D eigenvalue weighted by Crippen LogP contribution is -2.34. The van der Waals surface area contributed by atoms with Crippen molar-refractivity contribution in [1.82, 2.24) is 5.32 Å². The van der Waals surface area contributed by atoms with Crippen molar-refractivity contribution in [2.45, 2.75) is 6.42 Å². The number of hydrogen-bond donors (Lipinski definition) is 1. The van der Waals surface area contributed by atoms with Crippen molar-refractivity contribution in [1.29, 1.82) is 0 Å². The quantitative estimate of drug-likeness (QED) is 0.680. The number of carbonyl (C=O) groups excluding carboxylic acids is 1. The highest BCUT2D eigenvalue weighted by Gasteiger charge is 2.21. The van der Waals surface area contributed by atoms with Gasteiger partial charge in [-0.05, 0) is 24.1 Å². The molecule has 0 fully saturated rings. The van der Waals surface area contributed by atoms with Gasteiger partial charge in [-0.1, -0.05) is 29.8 Å². The summed E-state index contributed by atoms with van der Waals surface area (Å²) in [4.78, 5) is 22.5. The Bertz CT molecular complexity index is 794. The van der Waals surface area contributed by atoms with Crippen molar-refractivity contribution >= 4 is 23.2 Å². The van der Waals surface area contributed by atoms with Gasteiger partial charge in [0, 0.05) is 24.6 Å². The first-order valence-electron chi connectivity index (χ1n) is 7.47. The number of nitro groups is 1. The number of non-ortho nitro benzene ring substituents is 1. The van der Waals surface area contributed by atoms with Crippen LogP contribution < -0.4 is 10.1 Å². The summed E-state index contributed by atoms with van der Waals surface area (Å²) < 4.78 is 5.68. The smallest absolute Gasteiger partial charge is 0.270 e. The van der Waals surface area contributed by atoms with Crippen LogP contribution in [0.25, 0.3) is 0 Å². The van der Waals surface area contributed by atoms with Crippen LogP contribution in [-0.2, 0) is 6.42 Å². The SMILES string of the molecule is O=C(NCC1COc2ccccc2C1)c1cc([N+](=O)[O-])ccc1Cl. The molecule has 0 aromatic heterocycles. The third-order valence-corrected chi connectivity index (χ3v) is 4.24. The van der Waals surface area contributed by atoms with Crippen molar-refractivity contribution in [3.63, 3.8) is 0 Å². The first-order chi connectivity index (χ1) is 11.5. The summed E-state index contributed by atoms with van der Waals surface area (Å²) in [6, 6.07) is 11.6. The Hall–Kier alpha value is -2.60. The average Bonchev–Trinajstić information content (AvgIpc) is 2.59. The molecule has 7 heteroatoms. The van der Waals surface area contributed by atoms with Gasteiger partial charge in [0.2, 0.25) is 0 Å². The minimum atomic E-state index is -0.557. The molecule has 1 N–H and O–H groups in total. The predicted molar refractivity (Wildman–Crippen MR) is 89.6 cm³/mol. The Labute approximate surface area is 143 Å². The van der Waals surface area contributed by atoms with Gasteiger partial charge in [0.1, 0.15) is 5.75 Å². The molecule has 0 aliphatic carbocycles. The summed E-state index contributed by atoms with van der Waals surface area (Å²) in [6.07, 6.45) is 0.805. The van der Waals surface area contributed by atoms with E-state index in [-0.39, 0.29) is 22.2 Å². The van der Waals surface area contributed by atoms with E-state index in [4.69, 9.17) is 16.3 Å². The highest BCUT2D eigenvalue weighted by Crippen LogP contribution is 2.27. The van der Waals surface area contributed by atoms with Crippen LogP contribution in [0.3, 0.4) is 0 Å². The molecule has 0 radical (unpaired) electrons. The number of amides is 1. The second-order valence-corrected chi connectivity index (χ2v) is 6.03. The molecule has 6 nitrogen and oxygen atoms in total. The van der Waals surface area contributed by atoms with E-state index in [1.54, 1.807) is 0 Å². The molecule has 0 saturated carbocycles. The number of hydrogen-bond acceptors (Lipinski definition) is 4. The fraction of sp³-hybridized carbons (Fsp3) is 0.235. The Balaban J connectivity index is 1.64. The number of benzene rings is 2. The maximum Gasteiger partial charge on any atom is 0.270 e. The molecular formula is C17H15ClN2O4. The van der Waals surface area contributed by atoms with Crippen LogP contribution in [-0.4, -0.2) is 24.0 Å². The number of rotatable bonds is 4. The second-order valence-electron chi connectivity index (χ2n) is 5.62. The van der Waals surface area contributed by atoms with Crippen LogP contribution in [0.5, 0.6) is 5.75 Å². The van der Waals surface area contributed by atoms with Crippen LogP contribution in [0.2, 0.25) is 5.02 Å². The van der Waals surface area contributed by atoms with Crippen LogP contribution >= 0.6 is 11.6 Å². The number of fused-ring (bicyclic) bond motifs is 1. The number of halogens is 1. The lowest BCUT2D eigenvalue weighted by atomic mass is 9.96. The minimum absolute atomic E-state index is 0.1000. The van der Waals surface area contributed by atoms with Gasteiger partial charge in [0.15, 0.2) is 0 Å². The summed E-state index contributed by atoms with van der Waals surface area (Å²) in [6.45, 7) is 0.923. The molecule has 0 bridgehead atoms. The van der Waals surface area contributed by atoms with Crippen molar-refractivity contribution in [2.24, 2.45) is 5.92 Å². The van der Waals surface area contributed by atoms with Gasteiger partial charge in [-0.15, -0.1) is 0 Å². The Morgan fingerprint density at radius 1 is 1.33 bits per heavy atom. The van der Waals surface area contributed by atoms with E-state index in [1.807, 2.05) is 24.3 Å². The van der Waals surface area contributed by atoms with Gasteiger partial charge in [0.25, 0.3) is 11.6 Å². The Morgan fingerprint density at radius 3 is 2.92 bits per heavy atom. The lowest BCUT2D eigenvalue weighted by Gasteiger charge is -2.25. The predicted octanol–water partition coefficient (Wildman–Crippen LogP) is 3.23. The van der Waals surface area contributed by atoms with Gasteiger partial charge in [-0.2, -0.15) is 0 Å². The maximum atomic E-state index is 12.3. The standard InChI is InChI=1S/C17H15ClN2O4/c18-15-6-5-13(20(22)23)8-14(15)17(21)19-9-11-7-12-3-1-2-4-16(12)24-10-11/h1-6,8,11H,7,9-10H2,(H,19,21). The Kier molecular flexibility index (Phi) is 4.66. The molecule has 1 atom stereocenters. The Morgan fingerprint density at radius 2 is 2.12 bits per heavy atom.